The van der Waals surface area contributed by atoms with E-state index in [0.717, 1.165) is 53.8 Å². The normalized spacial score (nSPS) is 15.8. The van der Waals surface area contributed by atoms with Crippen molar-refractivity contribution in [1.82, 2.24) is 24.1 Å². The van der Waals surface area contributed by atoms with Gasteiger partial charge in [0.05, 0.1) is 61.2 Å². The first kappa shape index (κ1) is 67.1. The van der Waals surface area contributed by atoms with Crippen molar-refractivity contribution in [3.05, 3.63) is 123 Å². The number of morpholine rings is 1. The van der Waals surface area contributed by atoms with Crippen molar-refractivity contribution >= 4 is 82.8 Å². The number of hydrogen-bond acceptors (Lipinski definition) is 16. The van der Waals surface area contributed by atoms with Crippen molar-refractivity contribution in [2.45, 2.75) is 70.8 Å². The number of ether oxygens (including phenoxy) is 2. The Morgan fingerprint density at radius 1 is 0.854 bits per heavy atom. The summed E-state index contributed by atoms with van der Waals surface area (Å²) in [6.45, 7) is 11.4. The molecule has 446 valence electrons. The Bertz CT molecular complexity index is 3090. The number of phenolic OH excluding ortho intramolecular Hbond substituents is 3. The zero-order chi connectivity index (χ0) is 60.6. The third-order valence-corrected chi connectivity index (χ3v) is 16.8. The molecule has 0 saturated carbocycles. The summed E-state index contributed by atoms with van der Waals surface area (Å²) in [7, 11) is -4.02. The number of aryl methyl sites for hydroxylation is 1. The number of aromatic hydroxyl groups is 3. The SMILES string of the molecule is C=CC(=O)N1CCN(c2nc(OCCCN3CCOCC3)nc3c2CCN(c2cc(O)ccc2SC(F)(F)F)C3)CC1CC#N.Cc1ccc(S(=O)(=O)N(C)C(F)(F)F)cc1.Oc1ccc(SC(F)(F)F)c(Br)c1.Oc1cccc(Br)c1. The number of carbonyl (C=O) groups is 1. The van der Waals surface area contributed by atoms with Crippen molar-refractivity contribution in [2.75, 3.05) is 82.5 Å². The van der Waals surface area contributed by atoms with Gasteiger partial charge in [0, 0.05) is 83.2 Å². The molecule has 4 heterocycles. The highest BCUT2D eigenvalue weighted by Crippen LogP contribution is 2.45. The molecule has 5 aromatic rings. The monoisotopic (exact) mass is 1340 g/mol. The number of nitriles is 1. The maximum Gasteiger partial charge on any atom is 0.473 e. The highest BCUT2D eigenvalue weighted by atomic mass is 79.9. The lowest BCUT2D eigenvalue weighted by Crippen LogP contribution is -2.55. The van der Waals surface area contributed by atoms with Gasteiger partial charge in [-0.25, -0.2) is 8.42 Å². The highest BCUT2D eigenvalue weighted by Gasteiger charge is 2.43. The number of thioether (sulfide) groups is 2. The smallest absolute Gasteiger partial charge is 0.473 e. The van der Waals surface area contributed by atoms with Gasteiger partial charge in [0.25, 0.3) is 0 Å². The molecule has 0 spiro atoms. The summed E-state index contributed by atoms with van der Waals surface area (Å²) >= 11 is 5.68. The summed E-state index contributed by atoms with van der Waals surface area (Å²) in [4.78, 5) is 29.4. The maximum atomic E-state index is 13.4. The predicted molar refractivity (Wildman–Crippen MR) is 298 cm³/mol. The van der Waals surface area contributed by atoms with Crippen LogP contribution in [0.5, 0.6) is 23.3 Å². The van der Waals surface area contributed by atoms with E-state index in [1.165, 1.54) is 54.6 Å². The van der Waals surface area contributed by atoms with E-state index < -0.39 is 31.6 Å². The van der Waals surface area contributed by atoms with Crippen LogP contribution in [0.2, 0.25) is 0 Å². The molecule has 3 aliphatic heterocycles. The lowest BCUT2D eigenvalue weighted by atomic mass is 10.0. The van der Waals surface area contributed by atoms with E-state index >= 15 is 0 Å². The Morgan fingerprint density at radius 3 is 2.05 bits per heavy atom. The first-order valence-corrected chi connectivity index (χ1v) is 29.2. The van der Waals surface area contributed by atoms with E-state index in [1.54, 1.807) is 34.9 Å². The Labute approximate surface area is 492 Å². The first-order chi connectivity index (χ1) is 38.5. The number of fused-ring (bicyclic) bond motifs is 1. The largest absolute Gasteiger partial charge is 0.508 e. The average molecular weight is 1350 g/mol. The van der Waals surface area contributed by atoms with E-state index in [0.29, 0.717) is 76.7 Å². The number of nitrogens with zero attached hydrogens (tertiary/aromatic N) is 8. The number of alkyl halides is 9. The molecule has 3 N–H and O–H groups in total. The molecular weight excluding hydrogens is 1290 g/mol. The summed E-state index contributed by atoms with van der Waals surface area (Å²) in [5.41, 5.74) is -6.31. The number of phenols is 3. The molecule has 1 amide bonds. The molecule has 0 bridgehead atoms. The van der Waals surface area contributed by atoms with Gasteiger partial charge < -0.3 is 39.5 Å². The van der Waals surface area contributed by atoms with Crippen molar-refractivity contribution in [1.29, 1.82) is 5.26 Å². The van der Waals surface area contributed by atoms with Crippen LogP contribution in [0.15, 0.2) is 121 Å². The number of carbonyl (C=O) groups excluding carboxylic acids is 1. The maximum absolute atomic E-state index is 13.4. The number of rotatable bonds is 13. The second-order valence-corrected chi connectivity index (χ2v) is 23.8. The molecule has 8 rings (SSSR count). The molecule has 30 heteroatoms. The van der Waals surface area contributed by atoms with Gasteiger partial charge in [-0.15, -0.1) is 4.31 Å². The highest BCUT2D eigenvalue weighted by molar-refractivity contribution is 9.10. The molecule has 0 aliphatic carbocycles. The lowest BCUT2D eigenvalue weighted by molar-refractivity contribution is -0.202. The number of sulfonamides is 1. The Kier molecular flexibility index (Phi) is 24.7. The molecular formula is C52H55Br2F9N8O8S3. The van der Waals surface area contributed by atoms with E-state index in [2.05, 4.69) is 49.4 Å². The van der Waals surface area contributed by atoms with Crippen molar-refractivity contribution < 1.29 is 77.5 Å². The minimum atomic E-state index is -4.91. The van der Waals surface area contributed by atoms with Crippen molar-refractivity contribution in [3.8, 4) is 29.3 Å². The molecule has 4 aromatic carbocycles. The summed E-state index contributed by atoms with van der Waals surface area (Å²) in [6, 6.07) is 21.5. The Balaban J connectivity index is 0.000000267. The van der Waals surface area contributed by atoms with Gasteiger partial charge in [-0.3, -0.25) is 9.69 Å². The van der Waals surface area contributed by atoms with Crippen LogP contribution in [-0.4, -0.2) is 150 Å². The fourth-order valence-corrected chi connectivity index (χ4v) is 11.4. The molecule has 3 aliphatic rings. The van der Waals surface area contributed by atoms with Crippen molar-refractivity contribution in [2.24, 2.45) is 0 Å². The van der Waals surface area contributed by atoms with Crippen LogP contribution < -0.4 is 14.5 Å². The van der Waals surface area contributed by atoms with Crippen LogP contribution >= 0.6 is 55.4 Å². The summed E-state index contributed by atoms with van der Waals surface area (Å²) < 4.78 is 148. The number of anilines is 2. The van der Waals surface area contributed by atoms with E-state index in [9.17, 15) is 63.1 Å². The first-order valence-electron chi connectivity index (χ1n) is 24.5. The third kappa shape index (κ3) is 20.9. The zero-order valence-electron chi connectivity index (χ0n) is 43.7. The Morgan fingerprint density at radius 2 is 1.48 bits per heavy atom. The van der Waals surface area contributed by atoms with Crippen molar-refractivity contribution in [3.63, 3.8) is 0 Å². The average Bonchev–Trinajstić information content (AvgIpc) is 3.61. The molecule has 1 aromatic heterocycles. The quantitative estimate of drug-likeness (QED) is 0.0331. The number of amides is 1. The fourth-order valence-electron chi connectivity index (χ4n) is 8.07. The van der Waals surface area contributed by atoms with Gasteiger partial charge >= 0.3 is 23.3 Å². The molecule has 2 fully saturated rings. The van der Waals surface area contributed by atoms with Crippen LogP contribution in [-0.2, 0) is 32.5 Å². The number of hydrogen-bond donors (Lipinski definition) is 3. The number of piperazine rings is 1. The topological polar surface area (TPSA) is 196 Å². The molecule has 1 unspecified atom stereocenters. The van der Waals surface area contributed by atoms with Gasteiger partial charge in [0.2, 0.25) is 15.9 Å². The van der Waals surface area contributed by atoms with E-state index in [4.69, 9.17) is 29.7 Å². The molecule has 16 nitrogen and oxygen atoms in total. The molecule has 1 atom stereocenters. The fraction of sp³-hybridized carbons (Fsp3) is 0.385. The second kappa shape index (κ2) is 30.2. The van der Waals surface area contributed by atoms with Gasteiger partial charge in [-0.05, 0) is 126 Å². The molecule has 2 saturated heterocycles. The second-order valence-electron chi connectivity index (χ2n) is 17.9. The zero-order valence-corrected chi connectivity index (χ0v) is 49.3. The van der Waals surface area contributed by atoms with Crippen LogP contribution in [0.1, 0.15) is 29.7 Å². The van der Waals surface area contributed by atoms with Crippen LogP contribution in [0, 0.1) is 18.3 Å². The number of benzene rings is 4. The predicted octanol–water partition coefficient (Wildman–Crippen LogP) is 11.6. The molecule has 0 radical (unpaired) electrons. The standard InChI is InChI=1S/C30H36F3N7O4S.C9H10F3NO2S.C7H4BrF3OS.C6H5BrO/c1-2-27(42)40-12-11-39(19-21(40)6-8-34)28-23-7-10-38(25-18-22(41)4-5-26(25)45-30(31,32)33)20-24(23)35-29(36-28)44-15-3-9-37-13-16-43-17-14-37;1-7-3-5-8(6-4-7)16(14,15)13(2)9(10,11)12;8-5-3-4(12)1-2-6(5)13-7(9,10)11;7-5-2-1-3-6(8)4-5/h2,4-5,18,21,41H,1,3,6-7,9-17,19-20H2;3-6H,1-2H3;1-3,12H;1-4,8H. The van der Waals surface area contributed by atoms with Crippen LogP contribution in [0.25, 0.3) is 0 Å². The van der Waals surface area contributed by atoms with Gasteiger partial charge in [0.15, 0.2) is 0 Å². The van der Waals surface area contributed by atoms with Gasteiger partial charge in [-0.1, -0.05) is 46.3 Å². The minimum absolute atomic E-state index is 0.0139. The van der Waals surface area contributed by atoms with Crippen LogP contribution in [0.3, 0.4) is 0 Å². The molecule has 82 heavy (non-hydrogen) atoms. The lowest BCUT2D eigenvalue weighted by Gasteiger charge is -2.42. The Hall–Kier alpha value is -5.68. The summed E-state index contributed by atoms with van der Waals surface area (Å²) in [6.07, 6.45) is -2.35. The summed E-state index contributed by atoms with van der Waals surface area (Å²) in [5.74, 6) is 0.485. The van der Waals surface area contributed by atoms with E-state index in [-0.39, 0.29) is 90.8 Å². The van der Waals surface area contributed by atoms with Gasteiger partial charge in [0.1, 0.15) is 23.1 Å². The number of aromatic nitrogens is 2. The minimum Gasteiger partial charge on any atom is -0.508 e. The van der Waals surface area contributed by atoms with Gasteiger partial charge in [-0.2, -0.15) is 54.7 Å². The number of halogens is 11. The third-order valence-electron chi connectivity index (χ3n) is 12.0. The summed E-state index contributed by atoms with van der Waals surface area (Å²) in [5, 5.41) is 37.3. The van der Waals surface area contributed by atoms with Crippen LogP contribution in [0.4, 0.5) is 51.0 Å². The van der Waals surface area contributed by atoms with E-state index in [1.807, 2.05) is 11.0 Å².